The van der Waals surface area contributed by atoms with Crippen LogP contribution < -0.4 is 16.2 Å². The number of hydrogen-bond donors (Lipinski definition) is 3. The van der Waals surface area contributed by atoms with Crippen molar-refractivity contribution in [3.05, 3.63) is 24.3 Å². The fourth-order valence-corrected chi connectivity index (χ4v) is 1.80. The predicted octanol–water partition coefficient (Wildman–Crippen LogP) is -0.374. The number of anilines is 1. The summed E-state index contributed by atoms with van der Waals surface area (Å²) in [5, 5.41) is 0. The zero-order valence-electron chi connectivity index (χ0n) is 7.10. The maximum Gasteiger partial charge on any atom is 0.326 e. The number of rotatable bonds is 2. The van der Waals surface area contributed by atoms with Crippen LogP contribution in [0.2, 0.25) is 0 Å². The standard InChI is InChI=1S/C7H9N3O3S/c8-5-2-1-3-6(4-5)14(12,13)10-7(9)11/h1-4H,8H2,(H3,9,10,11). The van der Waals surface area contributed by atoms with Gasteiger partial charge in [-0.05, 0) is 18.2 Å². The van der Waals surface area contributed by atoms with Gasteiger partial charge >= 0.3 is 6.03 Å². The van der Waals surface area contributed by atoms with Crippen LogP contribution in [0.1, 0.15) is 0 Å². The van der Waals surface area contributed by atoms with E-state index in [0.717, 1.165) is 0 Å². The summed E-state index contributed by atoms with van der Waals surface area (Å²) in [4.78, 5) is 10.3. The number of sulfonamides is 1. The molecule has 0 saturated heterocycles. The van der Waals surface area contributed by atoms with E-state index in [4.69, 9.17) is 11.5 Å². The van der Waals surface area contributed by atoms with E-state index in [2.05, 4.69) is 0 Å². The van der Waals surface area contributed by atoms with Crippen molar-refractivity contribution in [3.63, 3.8) is 0 Å². The summed E-state index contributed by atoms with van der Waals surface area (Å²) in [7, 11) is -3.89. The van der Waals surface area contributed by atoms with Gasteiger partial charge in [-0.2, -0.15) is 0 Å². The number of nitrogens with two attached hydrogens (primary N) is 2. The molecule has 0 atom stereocenters. The minimum Gasteiger partial charge on any atom is -0.399 e. The Morgan fingerprint density at radius 3 is 2.50 bits per heavy atom. The molecule has 1 rings (SSSR count). The molecule has 0 saturated carbocycles. The highest BCUT2D eigenvalue weighted by Crippen LogP contribution is 2.11. The molecule has 1 aromatic carbocycles. The third kappa shape index (κ3) is 2.36. The van der Waals surface area contributed by atoms with Crippen molar-refractivity contribution in [2.24, 2.45) is 5.73 Å². The molecule has 6 nitrogen and oxygen atoms in total. The highest BCUT2D eigenvalue weighted by atomic mass is 32.2. The molecule has 0 bridgehead atoms. The van der Waals surface area contributed by atoms with Gasteiger partial charge in [-0.25, -0.2) is 17.9 Å². The van der Waals surface area contributed by atoms with E-state index < -0.39 is 16.1 Å². The Balaban J connectivity index is 3.11. The van der Waals surface area contributed by atoms with E-state index in [0.29, 0.717) is 0 Å². The fraction of sp³-hybridized carbons (Fsp3) is 0. The van der Waals surface area contributed by atoms with Gasteiger partial charge in [0.25, 0.3) is 10.0 Å². The first-order chi connectivity index (χ1) is 6.42. The summed E-state index contributed by atoms with van der Waals surface area (Å²) in [5.41, 5.74) is 10.4. The lowest BCUT2D eigenvalue weighted by atomic mass is 10.3. The van der Waals surface area contributed by atoms with Gasteiger partial charge in [0.15, 0.2) is 0 Å². The third-order valence-electron chi connectivity index (χ3n) is 1.40. The van der Waals surface area contributed by atoms with E-state index in [1.165, 1.54) is 24.3 Å². The maximum atomic E-state index is 11.3. The molecule has 0 aliphatic carbocycles. The van der Waals surface area contributed by atoms with Gasteiger partial charge in [0.1, 0.15) is 0 Å². The average molecular weight is 215 g/mol. The van der Waals surface area contributed by atoms with Crippen molar-refractivity contribution in [1.82, 2.24) is 4.72 Å². The van der Waals surface area contributed by atoms with Crippen molar-refractivity contribution in [2.75, 3.05) is 5.73 Å². The Kier molecular flexibility index (Phi) is 2.61. The third-order valence-corrected chi connectivity index (χ3v) is 2.75. The summed E-state index contributed by atoms with van der Waals surface area (Å²) in [6, 6.07) is 4.40. The molecule has 0 unspecified atom stereocenters. The first-order valence-electron chi connectivity index (χ1n) is 3.59. The zero-order valence-corrected chi connectivity index (χ0v) is 7.91. The molecular weight excluding hydrogens is 206 g/mol. The number of urea groups is 1. The number of carbonyl (C=O) groups is 1. The van der Waals surface area contributed by atoms with Crippen molar-refractivity contribution in [1.29, 1.82) is 0 Å². The van der Waals surface area contributed by atoms with E-state index in [9.17, 15) is 13.2 Å². The van der Waals surface area contributed by atoms with E-state index in [-0.39, 0.29) is 10.6 Å². The molecule has 0 radical (unpaired) electrons. The van der Waals surface area contributed by atoms with Gasteiger partial charge in [0.05, 0.1) is 4.90 Å². The second-order valence-corrected chi connectivity index (χ2v) is 4.22. The van der Waals surface area contributed by atoms with E-state index in [1.807, 2.05) is 0 Å². The number of amides is 2. The summed E-state index contributed by atoms with van der Waals surface area (Å²) < 4.78 is 24.3. The number of carbonyl (C=O) groups excluding carboxylic acids is 1. The van der Waals surface area contributed by atoms with Crippen LogP contribution in [-0.2, 0) is 10.0 Å². The Bertz CT molecular complexity index is 455. The second kappa shape index (κ2) is 3.54. The normalized spacial score (nSPS) is 10.9. The smallest absolute Gasteiger partial charge is 0.326 e. The number of nitrogen functional groups attached to an aromatic ring is 1. The Morgan fingerprint density at radius 1 is 1.36 bits per heavy atom. The molecule has 0 fully saturated rings. The molecule has 0 aromatic heterocycles. The van der Waals surface area contributed by atoms with E-state index in [1.54, 1.807) is 4.72 Å². The number of benzene rings is 1. The van der Waals surface area contributed by atoms with Gasteiger partial charge in [0, 0.05) is 5.69 Å². The molecule has 5 N–H and O–H groups in total. The number of hydrogen-bond acceptors (Lipinski definition) is 4. The predicted molar refractivity (Wildman–Crippen MR) is 50.8 cm³/mol. The van der Waals surface area contributed by atoms with Crippen LogP contribution >= 0.6 is 0 Å². The SMILES string of the molecule is NC(=O)NS(=O)(=O)c1cccc(N)c1. The van der Waals surface area contributed by atoms with Crippen molar-refractivity contribution in [2.45, 2.75) is 4.90 Å². The minimum absolute atomic E-state index is 0.101. The molecule has 76 valence electrons. The zero-order chi connectivity index (χ0) is 10.8. The van der Waals surface area contributed by atoms with Crippen LogP contribution in [0.3, 0.4) is 0 Å². The van der Waals surface area contributed by atoms with Crippen LogP contribution in [0.4, 0.5) is 10.5 Å². The molecular formula is C7H9N3O3S. The van der Waals surface area contributed by atoms with Crippen LogP contribution in [0.25, 0.3) is 0 Å². The highest BCUT2D eigenvalue weighted by Gasteiger charge is 2.15. The fourth-order valence-electron chi connectivity index (χ4n) is 0.873. The first kappa shape index (κ1) is 10.3. The number of nitrogens with one attached hydrogen (secondary N) is 1. The van der Waals surface area contributed by atoms with Gasteiger partial charge in [-0.15, -0.1) is 0 Å². The van der Waals surface area contributed by atoms with Crippen LogP contribution in [0.5, 0.6) is 0 Å². The molecule has 0 aliphatic heterocycles. The minimum atomic E-state index is -3.89. The monoisotopic (exact) mass is 215 g/mol. The molecule has 0 spiro atoms. The number of primary amides is 1. The molecule has 7 heteroatoms. The largest absolute Gasteiger partial charge is 0.399 e. The Hall–Kier alpha value is -1.76. The maximum absolute atomic E-state index is 11.3. The topological polar surface area (TPSA) is 115 Å². The van der Waals surface area contributed by atoms with Crippen molar-refractivity contribution < 1.29 is 13.2 Å². The van der Waals surface area contributed by atoms with Crippen molar-refractivity contribution in [3.8, 4) is 0 Å². The van der Waals surface area contributed by atoms with Gasteiger partial charge in [-0.3, -0.25) is 0 Å². The molecule has 1 aromatic rings. The van der Waals surface area contributed by atoms with Gasteiger partial charge in [-0.1, -0.05) is 6.07 Å². The Morgan fingerprint density at radius 2 is 2.00 bits per heavy atom. The van der Waals surface area contributed by atoms with Crippen LogP contribution in [0, 0.1) is 0 Å². The summed E-state index contributed by atoms with van der Waals surface area (Å²) in [6.45, 7) is 0. The molecule has 14 heavy (non-hydrogen) atoms. The summed E-state index contributed by atoms with van der Waals surface area (Å²) in [6.07, 6.45) is 0. The summed E-state index contributed by atoms with van der Waals surface area (Å²) >= 11 is 0. The average Bonchev–Trinajstić information content (AvgIpc) is 2.01. The summed E-state index contributed by atoms with van der Waals surface area (Å²) in [5.74, 6) is 0. The molecule has 0 heterocycles. The van der Waals surface area contributed by atoms with Crippen molar-refractivity contribution >= 4 is 21.7 Å². The highest BCUT2D eigenvalue weighted by molar-refractivity contribution is 7.90. The van der Waals surface area contributed by atoms with Crippen LogP contribution in [0.15, 0.2) is 29.2 Å². The van der Waals surface area contributed by atoms with E-state index >= 15 is 0 Å². The lowest BCUT2D eigenvalue weighted by Crippen LogP contribution is -2.34. The lowest BCUT2D eigenvalue weighted by Gasteiger charge is -2.04. The van der Waals surface area contributed by atoms with Gasteiger partial charge in [0.2, 0.25) is 0 Å². The first-order valence-corrected chi connectivity index (χ1v) is 5.08. The molecule has 2 amide bonds. The lowest BCUT2D eigenvalue weighted by molar-refractivity contribution is 0.253. The second-order valence-electron chi connectivity index (χ2n) is 2.54. The molecule has 0 aliphatic rings. The quantitative estimate of drug-likeness (QED) is 0.583. The Labute approximate surface area is 80.9 Å². The van der Waals surface area contributed by atoms with Crippen LogP contribution in [-0.4, -0.2) is 14.4 Å². The van der Waals surface area contributed by atoms with Gasteiger partial charge < -0.3 is 11.5 Å².